The number of hydrogen-bond donors (Lipinski definition) is 1. The number of unbranched alkanes of at least 4 members (excludes halogenated alkanes) is 1. The van der Waals surface area contributed by atoms with Gasteiger partial charge in [0, 0.05) is 12.1 Å². The first-order chi connectivity index (χ1) is 18.3. The van der Waals surface area contributed by atoms with E-state index < -0.39 is 0 Å². The lowest BCUT2D eigenvalue weighted by atomic mass is 10.0. The zero-order valence-electron chi connectivity index (χ0n) is 25.4. The van der Waals surface area contributed by atoms with Gasteiger partial charge in [-0.2, -0.15) is 5.10 Å². The molecular formula is C34H53FN2O. The zero-order valence-corrected chi connectivity index (χ0v) is 25.4. The number of allylic oxidation sites excluding steroid dienone is 11. The second-order valence-corrected chi connectivity index (χ2v) is 8.93. The van der Waals surface area contributed by atoms with Gasteiger partial charge in [-0.15, -0.1) is 12.8 Å². The van der Waals surface area contributed by atoms with Crippen LogP contribution in [0.3, 0.4) is 0 Å². The van der Waals surface area contributed by atoms with E-state index in [9.17, 15) is 4.39 Å². The van der Waals surface area contributed by atoms with Gasteiger partial charge in [-0.1, -0.05) is 76.6 Å². The molecule has 0 saturated heterocycles. The van der Waals surface area contributed by atoms with Gasteiger partial charge in [0.15, 0.2) is 0 Å². The third-order valence-corrected chi connectivity index (χ3v) is 5.77. The highest BCUT2D eigenvalue weighted by molar-refractivity contribution is 6.00. The molecule has 0 aliphatic heterocycles. The van der Waals surface area contributed by atoms with E-state index in [2.05, 4.69) is 62.0 Å². The molecule has 0 aromatic carbocycles. The van der Waals surface area contributed by atoms with Gasteiger partial charge in [0.25, 0.3) is 0 Å². The number of ether oxygens (including phenoxy) is 1. The van der Waals surface area contributed by atoms with Crippen LogP contribution < -0.4 is 5.43 Å². The van der Waals surface area contributed by atoms with Gasteiger partial charge in [0.2, 0.25) is 0 Å². The van der Waals surface area contributed by atoms with E-state index in [1.165, 1.54) is 0 Å². The van der Waals surface area contributed by atoms with Crippen LogP contribution in [0.1, 0.15) is 107 Å². The van der Waals surface area contributed by atoms with Crippen LogP contribution in [0.2, 0.25) is 0 Å². The average Bonchev–Trinajstić information content (AvgIpc) is 2.92. The molecule has 0 radical (unpaired) electrons. The second-order valence-electron chi connectivity index (χ2n) is 8.93. The van der Waals surface area contributed by atoms with Crippen LogP contribution in [0, 0.1) is 12.8 Å². The molecule has 0 aliphatic carbocycles. The molecule has 0 rings (SSSR count). The van der Waals surface area contributed by atoms with Gasteiger partial charge in [-0.3, -0.25) is 5.43 Å². The molecule has 38 heavy (non-hydrogen) atoms. The van der Waals surface area contributed by atoms with Gasteiger partial charge < -0.3 is 4.74 Å². The zero-order chi connectivity index (χ0) is 29.3. The predicted molar refractivity (Wildman–Crippen MR) is 167 cm³/mol. The molecule has 0 bridgehead atoms. The molecule has 1 unspecified atom stereocenters. The smallest absolute Gasteiger partial charge is 0.126 e. The Kier molecular flexibility index (Phi) is 23.7. The first-order valence-corrected chi connectivity index (χ1v) is 13.9. The van der Waals surface area contributed by atoms with E-state index >= 15 is 0 Å². The fourth-order valence-corrected chi connectivity index (χ4v) is 3.67. The van der Waals surface area contributed by atoms with Gasteiger partial charge in [-0.25, -0.2) is 4.39 Å². The van der Waals surface area contributed by atoms with Crippen molar-refractivity contribution in [2.45, 2.75) is 113 Å². The monoisotopic (exact) mass is 524 g/mol. The Hall–Kier alpha value is -3.06. The Morgan fingerprint density at radius 2 is 1.71 bits per heavy atom. The van der Waals surface area contributed by atoms with Crippen LogP contribution in [0.15, 0.2) is 88.2 Å². The maximum Gasteiger partial charge on any atom is 0.126 e. The maximum atomic E-state index is 14.6. The first-order valence-electron chi connectivity index (χ1n) is 13.9. The molecular weight excluding hydrogens is 471 g/mol. The number of nitrogens with one attached hydrogen (secondary N) is 1. The summed E-state index contributed by atoms with van der Waals surface area (Å²) in [5.74, 6) is 0.532. The van der Waals surface area contributed by atoms with Crippen LogP contribution in [-0.4, -0.2) is 11.8 Å². The quantitative estimate of drug-likeness (QED) is 0.0636. The first kappa shape index (κ1) is 37.1. The van der Waals surface area contributed by atoms with Gasteiger partial charge >= 0.3 is 0 Å². The minimum absolute atomic E-state index is 0.195. The molecule has 0 spiro atoms. The Morgan fingerprint density at radius 1 is 1.03 bits per heavy atom. The largest absolute Gasteiger partial charge is 0.491 e. The summed E-state index contributed by atoms with van der Waals surface area (Å²) in [6, 6.07) is 0. The number of halogens is 1. The summed E-state index contributed by atoms with van der Waals surface area (Å²) < 4.78 is 20.9. The van der Waals surface area contributed by atoms with Crippen molar-refractivity contribution in [3.8, 4) is 12.8 Å². The van der Waals surface area contributed by atoms with Crippen LogP contribution in [0.4, 0.5) is 4.39 Å². The molecule has 0 aromatic rings. The number of hydrogen-bond acceptors (Lipinski definition) is 3. The summed E-state index contributed by atoms with van der Waals surface area (Å²) >= 11 is 0. The number of terminal acetylenes is 1. The third kappa shape index (κ3) is 16.6. The third-order valence-electron chi connectivity index (χ3n) is 5.77. The summed E-state index contributed by atoms with van der Waals surface area (Å²) in [6.45, 7) is 20.2. The molecule has 0 aromatic heterocycles. The lowest BCUT2D eigenvalue weighted by molar-refractivity contribution is 0.132. The Labute approximate surface area is 234 Å². The van der Waals surface area contributed by atoms with Gasteiger partial charge in [0.1, 0.15) is 11.9 Å². The van der Waals surface area contributed by atoms with Gasteiger partial charge in [0.05, 0.1) is 11.5 Å². The Balaban J connectivity index is 0. The summed E-state index contributed by atoms with van der Waals surface area (Å²) in [5, 5.41) is 4.60. The molecule has 212 valence electrons. The maximum absolute atomic E-state index is 14.6. The van der Waals surface area contributed by atoms with Gasteiger partial charge in [-0.05, 0) is 89.5 Å². The summed E-state index contributed by atoms with van der Waals surface area (Å²) in [4.78, 5) is 0. The number of hydrazone groups is 1. The Morgan fingerprint density at radius 3 is 2.24 bits per heavy atom. The predicted octanol–water partition coefficient (Wildman–Crippen LogP) is 10.4. The fourth-order valence-electron chi connectivity index (χ4n) is 3.67. The highest BCUT2D eigenvalue weighted by Gasteiger charge is 2.15. The van der Waals surface area contributed by atoms with E-state index in [1.807, 2.05) is 52.8 Å². The molecule has 1 atom stereocenters. The highest BCUT2D eigenvalue weighted by Crippen LogP contribution is 2.24. The van der Waals surface area contributed by atoms with Crippen LogP contribution in [0.5, 0.6) is 0 Å². The van der Waals surface area contributed by atoms with Crippen molar-refractivity contribution < 1.29 is 9.13 Å². The number of rotatable bonds is 18. The summed E-state index contributed by atoms with van der Waals surface area (Å²) in [6.07, 6.45) is 28.8. The van der Waals surface area contributed by atoms with E-state index in [1.54, 1.807) is 13.0 Å². The van der Waals surface area contributed by atoms with Crippen molar-refractivity contribution in [1.82, 2.24) is 5.43 Å². The van der Waals surface area contributed by atoms with Crippen molar-refractivity contribution in [1.29, 1.82) is 0 Å². The van der Waals surface area contributed by atoms with E-state index in [0.29, 0.717) is 5.57 Å². The van der Waals surface area contributed by atoms with E-state index in [4.69, 9.17) is 4.74 Å². The van der Waals surface area contributed by atoms with Crippen LogP contribution in [0.25, 0.3) is 0 Å². The minimum atomic E-state index is -0.205. The molecule has 0 amide bonds. The Bertz CT molecular complexity index is 910. The molecule has 1 N–H and O–H groups in total. The molecule has 4 heteroatoms. The standard InChI is InChI=1S/C32H51FN2O.C2H2/c1-10-16-22-30(35-34-27(9)28(14-5)19-12-3)23-17-21-26(8)36-32(20-13-4)29(15-6)24-31(33)25(7)18-11-2;1-2/h12,14-15,18-19,22,24,32,35H,8,10-11,13,16-17,20-21,23H2,1-7,9H3;1-2H/b19-12-,25-18-,28-14+,29-15+,30-22+,31-24+,34-27+;. The van der Waals surface area contributed by atoms with Crippen LogP contribution >= 0.6 is 0 Å². The highest BCUT2D eigenvalue weighted by atomic mass is 19.1. The molecule has 0 heterocycles. The average molecular weight is 525 g/mol. The SMILES string of the molecule is C#C.C=C(CCC/C(=C\CCC)N/N=C(C)/C(/C=C\C)=C/C)OC(CCC)C(/C=C(F)\C(C)=C/CC)=C/C. The fraction of sp³-hybridized carbons (Fsp3) is 0.500. The summed E-state index contributed by atoms with van der Waals surface area (Å²) in [5.41, 5.74) is 7.96. The van der Waals surface area contributed by atoms with Crippen molar-refractivity contribution >= 4 is 5.71 Å². The molecule has 0 aliphatic rings. The minimum Gasteiger partial charge on any atom is -0.491 e. The van der Waals surface area contributed by atoms with Crippen molar-refractivity contribution in [2.24, 2.45) is 5.10 Å². The normalized spacial score (nSPS) is 14.7. The lowest BCUT2D eigenvalue weighted by Gasteiger charge is -2.22. The summed E-state index contributed by atoms with van der Waals surface area (Å²) in [7, 11) is 0. The van der Waals surface area contributed by atoms with Crippen molar-refractivity contribution in [2.75, 3.05) is 0 Å². The molecule has 0 fully saturated rings. The van der Waals surface area contributed by atoms with Crippen LogP contribution in [-0.2, 0) is 4.74 Å². The molecule has 3 nitrogen and oxygen atoms in total. The van der Waals surface area contributed by atoms with E-state index in [-0.39, 0.29) is 11.9 Å². The van der Waals surface area contributed by atoms with E-state index in [0.717, 1.165) is 79.7 Å². The topological polar surface area (TPSA) is 33.6 Å². The second kappa shape index (κ2) is 24.3. The number of nitrogens with zero attached hydrogens (tertiary/aromatic N) is 1. The lowest BCUT2D eigenvalue weighted by Crippen LogP contribution is -2.15. The molecule has 0 saturated carbocycles. The van der Waals surface area contributed by atoms with Crippen molar-refractivity contribution in [3.05, 3.63) is 83.1 Å². The van der Waals surface area contributed by atoms with Crippen molar-refractivity contribution in [3.63, 3.8) is 0 Å².